The number of carbonyl (C=O) groups excluding carboxylic acids is 1. The molecule has 0 N–H and O–H groups in total. The zero-order chi connectivity index (χ0) is 23.4. The van der Waals surface area contributed by atoms with Gasteiger partial charge in [-0.15, -0.1) is 0 Å². The normalized spacial score (nSPS) is 19.7. The maximum Gasteiger partial charge on any atom is 0.259 e. The molecule has 2 atom stereocenters. The Kier molecular flexibility index (Phi) is 4.75. The molecule has 10 heteroatoms. The molecule has 1 amide bonds. The highest BCUT2D eigenvalue weighted by atomic mass is 19.1. The van der Waals surface area contributed by atoms with Crippen LogP contribution in [0.15, 0.2) is 48.9 Å². The second-order valence-corrected chi connectivity index (χ2v) is 8.79. The van der Waals surface area contributed by atoms with Crippen LogP contribution in [0, 0.1) is 24.5 Å². The quantitative estimate of drug-likeness (QED) is 0.466. The molecule has 4 heterocycles. The van der Waals surface area contributed by atoms with Gasteiger partial charge in [-0.2, -0.15) is 15.0 Å². The summed E-state index contributed by atoms with van der Waals surface area (Å²) in [6.07, 6.45) is 5.50. The number of anilines is 1. The summed E-state index contributed by atoms with van der Waals surface area (Å²) in [6.45, 7) is 3.57. The molecule has 2 aliphatic rings. The van der Waals surface area contributed by atoms with Crippen molar-refractivity contribution >= 4 is 22.8 Å². The van der Waals surface area contributed by atoms with Crippen molar-refractivity contribution in [3.05, 3.63) is 71.7 Å². The minimum Gasteiger partial charge on any atom is -0.353 e. The SMILES string of the molecule is Cc1ccc(-n2nccn2)c(C(=O)N2C[C@H]3CCN(c4cnc5cc(F)ccc5n4)C[C@H]32)c1F. The molecule has 2 fully saturated rings. The number of hydrogen-bond acceptors (Lipinski definition) is 6. The topological polar surface area (TPSA) is 80.0 Å². The number of hydrogen-bond donors (Lipinski definition) is 0. The highest BCUT2D eigenvalue weighted by molar-refractivity contribution is 5.99. The van der Waals surface area contributed by atoms with Crippen LogP contribution in [0.4, 0.5) is 14.6 Å². The Hall–Kier alpha value is -3.95. The molecular weight excluding hydrogens is 440 g/mol. The number of halogens is 2. The molecular formula is C24H21F2N7O. The Balaban J connectivity index is 1.28. The van der Waals surface area contributed by atoms with Gasteiger partial charge in [-0.3, -0.25) is 9.78 Å². The molecule has 34 heavy (non-hydrogen) atoms. The number of likely N-dealkylation sites (tertiary alicyclic amines) is 1. The van der Waals surface area contributed by atoms with E-state index in [9.17, 15) is 9.18 Å². The molecule has 4 aromatic rings. The summed E-state index contributed by atoms with van der Waals surface area (Å²) in [4.78, 5) is 27.6. The Morgan fingerprint density at radius 3 is 2.71 bits per heavy atom. The number of aromatic nitrogens is 5. The van der Waals surface area contributed by atoms with Crippen molar-refractivity contribution in [2.75, 3.05) is 24.5 Å². The molecule has 0 unspecified atom stereocenters. The molecule has 6 rings (SSSR count). The van der Waals surface area contributed by atoms with Gasteiger partial charge in [-0.1, -0.05) is 6.07 Å². The average Bonchev–Trinajstić information content (AvgIpc) is 3.36. The first kappa shape index (κ1) is 20.6. The van der Waals surface area contributed by atoms with Crippen molar-refractivity contribution in [2.45, 2.75) is 19.4 Å². The number of carbonyl (C=O) groups is 1. The third-order valence-electron chi connectivity index (χ3n) is 6.79. The van der Waals surface area contributed by atoms with Crippen molar-refractivity contribution < 1.29 is 13.6 Å². The fourth-order valence-electron chi connectivity index (χ4n) is 4.89. The average molecular weight is 461 g/mol. The molecule has 2 aromatic carbocycles. The molecule has 0 bridgehead atoms. The van der Waals surface area contributed by atoms with E-state index in [1.165, 1.54) is 29.3 Å². The van der Waals surface area contributed by atoms with Gasteiger partial charge in [0, 0.05) is 31.6 Å². The summed E-state index contributed by atoms with van der Waals surface area (Å²) >= 11 is 0. The Bertz CT molecular complexity index is 1410. The monoisotopic (exact) mass is 461 g/mol. The van der Waals surface area contributed by atoms with Crippen LogP contribution in [0.25, 0.3) is 16.7 Å². The highest BCUT2D eigenvalue weighted by Crippen LogP contribution is 2.36. The van der Waals surface area contributed by atoms with Crippen LogP contribution in [0.5, 0.6) is 0 Å². The summed E-state index contributed by atoms with van der Waals surface area (Å²) in [6, 6.07) is 7.55. The van der Waals surface area contributed by atoms with E-state index in [0.29, 0.717) is 47.1 Å². The molecule has 0 radical (unpaired) electrons. The molecule has 8 nitrogen and oxygen atoms in total. The zero-order valence-electron chi connectivity index (χ0n) is 18.4. The van der Waals surface area contributed by atoms with Crippen LogP contribution in [0.1, 0.15) is 22.3 Å². The van der Waals surface area contributed by atoms with Crippen molar-refractivity contribution in [1.29, 1.82) is 0 Å². The molecule has 0 saturated carbocycles. The molecule has 2 saturated heterocycles. The van der Waals surface area contributed by atoms with E-state index in [1.54, 1.807) is 36.2 Å². The maximum absolute atomic E-state index is 15.2. The van der Waals surface area contributed by atoms with Crippen LogP contribution in [0.3, 0.4) is 0 Å². The molecule has 172 valence electrons. The smallest absolute Gasteiger partial charge is 0.259 e. The lowest BCUT2D eigenvalue weighted by atomic mass is 9.81. The van der Waals surface area contributed by atoms with Gasteiger partial charge < -0.3 is 9.80 Å². The number of piperidine rings is 1. The minimum absolute atomic E-state index is 0.0145. The Labute approximate surface area is 193 Å². The predicted molar refractivity (Wildman–Crippen MR) is 121 cm³/mol. The standard InChI is InChI=1S/C24H21F2N7O/c1-14-2-5-19(33-28-7-8-29-33)22(23(14)26)24(34)32-12-15-6-9-31(13-20(15)32)21-11-27-18-10-16(25)3-4-17(18)30-21/h2-5,7-8,10-11,15,20H,6,9,12-13H2,1H3/t15-,20-/m1/s1. The fraction of sp³-hybridized carbons (Fsp3) is 0.292. The van der Waals surface area contributed by atoms with E-state index in [1.807, 2.05) is 0 Å². The largest absolute Gasteiger partial charge is 0.353 e. The summed E-state index contributed by atoms with van der Waals surface area (Å²) in [5.74, 6) is -0.242. The van der Waals surface area contributed by atoms with Crippen molar-refractivity contribution in [2.24, 2.45) is 5.92 Å². The molecule has 0 aliphatic carbocycles. The summed E-state index contributed by atoms with van der Waals surface area (Å²) in [7, 11) is 0. The number of rotatable bonds is 3. The first-order chi connectivity index (χ1) is 16.5. The van der Waals surface area contributed by atoms with Crippen LogP contribution in [0.2, 0.25) is 0 Å². The minimum atomic E-state index is -0.552. The number of aryl methyl sites for hydroxylation is 1. The van der Waals surface area contributed by atoms with E-state index in [-0.39, 0.29) is 23.3 Å². The van der Waals surface area contributed by atoms with Crippen molar-refractivity contribution in [3.63, 3.8) is 0 Å². The number of nitrogens with zero attached hydrogens (tertiary/aromatic N) is 7. The third kappa shape index (κ3) is 3.28. The lowest BCUT2D eigenvalue weighted by molar-refractivity contribution is 0.00739. The second kappa shape index (κ2) is 7.82. The maximum atomic E-state index is 15.2. The van der Waals surface area contributed by atoms with E-state index < -0.39 is 5.82 Å². The van der Waals surface area contributed by atoms with Gasteiger partial charge in [0.2, 0.25) is 0 Å². The first-order valence-corrected chi connectivity index (χ1v) is 11.1. The molecule has 0 spiro atoms. The van der Waals surface area contributed by atoms with Gasteiger partial charge in [0.1, 0.15) is 28.7 Å². The van der Waals surface area contributed by atoms with Crippen LogP contribution in [-0.4, -0.2) is 61.4 Å². The van der Waals surface area contributed by atoms with E-state index in [2.05, 4.69) is 25.1 Å². The van der Waals surface area contributed by atoms with Gasteiger partial charge in [0.15, 0.2) is 0 Å². The van der Waals surface area contributed by atoms with E-state index >= 15 is 4.39 Å². The second-order valence-electron chi connectivity index (χ2n) is 8.79. The highest BCUT2D eigenvalue weighted by Gasteiger charge is 2.46. The van der Waals surface area contributed by atoms with Gasteiger partial charge in [0.25, 0.3) is 5.91 Å². The van der Waals surface area contributed by atoms with Gasteiger partial charge in [0.05, 0.1) is 35.7 Å². The Morgan fingerprint density at radius 1 is 1.06 bits per heavy atom. The predicted octanol–water partition coefficient (Wildman–Crippen LogP) is 3.15. The lowest BCUT2D eigenvalue weighted by Gasteiger charge is -2.53. The van der Waals surface area contributed by atoms with Crippen molar-refractivity contribution in [3.8, 4) is 5.69 Å². The van der Waals surface area contributed by atoms with Crippen molar-refractivity contribution in [1.82, 2.24) is 29.9 Å². The summed E-state index contributed by atoms with van der Waals surface area (Å²) in [5, 5.41) is 8.18. The van der Waals surface area contributed by atoms with Crippen LogP contribution in [-0.2, 0) is 0 Å². The lowest BCUT2D eigenvalue weighted by Crippen LogP contribution is -2.66. The third-order valence-corrected chi connectivity index (χ3v) is 6.79. The van der Waals surface area contributed by atoms with E-state index in [4.69, 9.17) is 0 Å². The van der Waals surface area contributed by atoms with Gasteiger partial charge in [-0.05, 0) is 37.1 Å². The molecule has 2 aromatic heterocycles. The number of amides is 1. The van der Waals surface area contributed by atoms with Gasteiger partial charge in [-0.25, -0.2) is 13.8 Å². The van der Waals surface area contributed by atoms with Crippen LogP contribution >= 0.6 is 0 Å². The Morgan fingerprint density at radius 2 is 1.88 bits per heavy atom. The van der Waals surface area contributed by atoms with Gasteiger partial charge >= 0.3 is 0 Å². The summed E-state index contributed by atoms with van der Waals surface area (Å²) < 4.78 is 28.7. The zero-order valence-corrected chi connectivity index (χ0v) is 18.4. The van der Waals surface area contributed by atoms with Crippen LogP contribution < -0.4 is 4.90 Å². The summed E-state index contributed by atoms with van der Waals surface area (Å²) in [5.41, 5.74) is 1.81. The number of fused-ring (bicyclic) bond motifs is 2. The first-order valence-electron chi connectivity index (χ1n) is 11.1. The number of benzene rings is 2. The molecule has 2 aliphatic heterocycles. The fourth-order valence-corrected chi connectivity index (χ4v) is 4.89. The van der Waals surface area contributed by atoms with E-state index in [0.717, 1.165) is 13.0 Å².